The van der Waals surface area contributed by atoms with E-state index in [-0.39, 0.29) is 22.1 Å². The van der Waals surface area contributed by atoms with Crippen molar-refractivity contribution < 1.29 is 4.74 Å². The fourth-order valence-electron chi connectivity index (χ4n) is 1.03. The SMILES string of the molecule is Clc1nnc(Cl)c(Oc2cc(Cl)c(Br)cc2Cl)n1. The topological polar surface area (TPSA) is 47.9 Å². The number of aromatic nitrogens is 3. The third kappa shape index (κ3) is 3.16. The van der Waals surface area contributed by atoms with Crippen molar-refractivity contribution in [1.82, 2.24) is 15.2 Å². The highest BCUT2D eigenvalue weighted by molar-refractivity contribution is 9.10. The van der Waals surface area contributed by atoms with E-state index >= 15 is 0 Å². The third-order valence-corrected chi connectivity index (χ3v) is 3.66. The van der Waals surface area contributed by atoms with Crippen molar-refractivity contribution in [2.24, 2.45) is 0 Å². The fourth-order valence-corrected chi connectivity index (χ4v) is 2.10. The van der Waals surface area contributed by atoms with Gasteiger partial charge >= 0.3 is 0 Å². The molecule has 0 spiro atoms. The predicted octanol–water partition coefficient (Wildman–Crippen LogP) is 5.04. The largest absolute Gasteiger partial charge is 0.435 e. The molecular weight excluding hydrogens is 388 g/mol. The van der Waals surface area contributed by atoms with Crippen LogP contribution in [0, 0.1) is 0 Å². The Bertz CT molecular complexity index is 611. The van der Waals surface area contributed by atoms with E-state index in [1.54, 1.807) is 6.07 Å². The van der Waals surface area contributed by atoms with Crippen LogP contribution in [0.1, 0.15) is 0 Å². The second-order valence-corrected chi connectivity index (χ2v) is 5.34. The average molecular weight is 390 g/mol. The van der Waals surface area contributed by atoms with Crippen LogP contribution in [0.15, 0.2) is 16.6 Å². The maximum Gasteiger partial charge on any atom is 0.262 e. The zero-order chi connectivity index (χ0) is 13.3. The van der Waals surface area contributed by atoms with Crippen molar-refractivity contribution in [2.45, 2.75) is 0 Å². The monoisotopic (exact) mass is 387 g/mol. The smallest absolute Gasteiger partial charge is 0.262 e. The Kier molecular flexibility index (Phi) is 4.50. The Balaban J connectivity index is 2.40. The van der Waals surface area contributed by atoms with E-state index in [9.17, 15) is 0 Å². The molecule has 0 aliphatic carbocycles. The van der Waals surface area contributed by atoms with E-state index in [0.29, 0.717) is 14.5 Å². The normalized spacial score (nSPS) is 10.5. The minimum atomic E-state index is -0.0891. The van der Waals surface area contributed by atoms with Crippen molar-refractivity contribution in [3.05, 3.63) is 37.1 Å². The van der Waals surface area contributed by atoms with Crippen LogP contribution in [0.25, 0.3) is 0 Å². The van der Waals surface area contributed by atoms with Crippen LogP contribution in [0.3, 0.4) is 0 Å². The molecule has 94 valence electrons. The summed E-state index contributed by atoms with van der Waals surface area (Å²) in [6.07, 6.45) is 0. The Morgan fingerprint density at radius 3 is 2.44 bits per heavy atom. The number of rotatable bonds is 2. The van der Waals surface area contributed by atoms with Gasteiger partial charge in [0.15, 0.2) is 0 Å². The highest BCUT2D eigenvalue weighted by atomic mass is 79.9. The van der Waals surface area contributed by atoms with Crippen LogP contribution in [0.5, 0.6) is 11.6 Å². The molecule has 0 N–H and O–H groups in total. The summed E-state index contributed by atoms with van der Waals surface area (Å²) in [6.45, 7) is 0. The molecular formula is C9H2BrCl4N3O. The molecule has 9 heteroatoms. The first-order valence-electron chi connectivity index (χ1n) is 4.35. The van der Waals surface area contributed by atoms with Gasteiger partial charge in [-0.2, -0.15) is 4.98 Å². The molecule has 1 heterocycles. The van der Waals surface area contributed by atoms with Gasteiger partial charge in [-0.05, 0) is 33.6 Å². The van der Waals surface area contributed by atoms with Crippen molar-refractivity contribution in [3.8, 4) is 11.6 Å². The van der Waals surface area contributed by atoms with Gasteiger partial charge in [-0.1, -0.05) is 34.8 Å². The van der Waals surface area contributed by atoms with Gasteiger partial charge in [0.2, 0.25) is 10.4 Å². The third-order valence-electron chi connectivity index (χ3n) is 1.77. The first-order chi connectivity index (χ1) is 8.47. The van der Waals surface area contributed by atoms with E-state index in [1.165, 1.54) is 6.07 Å². The maximum absolute atomic E-state index is 5.99. The zero-order valence-electron chi connectivity index (χ0n) is 8.29. The van der Waals surface area contributed by atoms with E-state index < -0.39 is 0 Å². The molecule has 4 nitrogen and oxygen atoms in total. The number of hydrogen-bond acceptors (Lipinski definition) is 4. The number of benzene rings is 1. The molecule has 0 atom stereocenters. The Morgan fingerprint density at radius 2 is 1.72 bits per heavy atom. The first kappa shape index (κ1) is 14.1. The summed E-state index contributed by atoms with van der Waals surface area (Å²) in [5.74, 6) is 0.278. The van der Waals surface area contributed by atoms with Crippen molar-refractivity contribution in [1.29, 1.82) is 0 Å². The van der Waals surface area contributed by atoms with Crippen molar-refractivity contribution in [3.63, 3.8) is 0 Å². The number of ether oxygens (including phenoxy) is 1. The molecule has 0 fully saturated rings. The highest BCUT2D eigenvalue weighted by Crippen LogP contribution is 2.37. The van der Waals surface area contributed by atoms with Gasteiger partial charge in [0, 0.05) is 10.5 Å². The quantitative estimate of drug-likeness (QED) is 0.675. The second kappa shape index (κ2) is 5.75. The minimum Gasteiger partial charge on any atom is -0.435 e. The summed E-state index contributed by atoms with van der Waals surface area (Å²) in [4.78, 5) is 3.79. The van der Waals surface area contributed by atoms with Crippen LogP contribution in [0.4, 0.5) is 0 Å². The molecule has 2 aromatic rings. The summed E-state index contributed by atoms with van der Waals surface area (Å²) < 4.78 is 6.03. The zero-order valence-corrected chi connectivity index (χ0v) is 12.9. The molecule has 0 saturated carbocycles. The van der Waals surface area contributed by atoms with E-state index in [0.717, 1.165) is 0 Å². The fraction of sp³-hybridized carbons (Fsp3) is 0. The lowest BCUT2D eigenvalue weighted by Gasteiger charge is -2.08. The molecule has 0 saturated heterocycles. The van der Waals surface area contributed by atoms with Gasteiger partial charge in [0.1, 0.15) is 5.75 Å². The molecule has 0 aliphatic rings. The van der Waals surface area contributed by atoms with Gasteiger partial charge in [0.25, 0.3) is 5.88 Å². The molecule has 1 aromatic carbocycles. The predicted molar refractivity (Wildman–Crippen MR) is 74.1 cm³/mol. The molecule has 0 unspecified atom stereocenters. The van der Waals surface area contributed by atoms with Crippen molar-refractivity contribution >= 4 is 62.3 Å². The lowest BCUT2D eigenvalue weighted by atomic mass is 10.3. The van der Waals surface area contributed by atoms with E-state index in [2.05, 4.69) is 31.1 Å². The van der Waals surface area contributed by atoms with Crippen LogP contribution in [0.2, 0.25) is 20.5 Å². The number of halogens is 5. The van der Waals surface area contributed by atoms with E-state index in [4.69, 9.17) is 51.1 Å². The van der Waals surface area contributed by atoms with Gasteiger partial charge in [-0.25, -0.2) is 0 Å². The van der Waals surface area contributed by atoms with Gasteiger partial charge in [-0.3, -0.25) is 0 Å². The summed E-state index contributed by atoms with van der Waals surface area (Å²) in [5, 5.41) is 7.65. The summed E-state index contributed by atoms with van der Waals surface area (Å²) >= 11 is 26.5. The summed E-state index contributed by atoms with van der Waals surface area (Å²) in [7, 11) is 0. The molecule has 2 rings (SSSR count). The maximum atomic E-state index is 5.99. The summed E-state index contributed by atoms with van der Waals surface area (Å²) in [5.41, 5.74) is 0. The number of hydrogen-bond donors (Lipinski definition) is 0. The van der Waals surface area contributed by atoms with Gasteiger partial charge in [-0.15, -0.1) is 10.2 Å². The number of nitrogens with zero attached hydrogens (tertiary/aromatic N) is 3. The molecule has 0 amide bonds. The molecule has 1 aromatic heterocycles. The Hall–Kier alpha value is -0.330. The molecule has 0 bridgehead atoms. The lowest BCUT2D eigenvalue weighted by molar-refractivity contribution is 0.457. The van der Waals surface area contributed by atoms with Crippen molar-refractivity contribution in [2.75, 3.05) is 0 Å². The molecule has 0 aliphatic heterocycles. The second-order valence-electron chi connectivity index (χ2n) is 2.98. The van der Waals surface area contributed by atoms with Crippen LogP contribution in [-0.2, 0) is 0 Å². The molecule has 0 radical (unpaired) electrons. The lowest BCUT2D eigenvalue weighted by Crippen LogP contribution is -1.95. The van der Waals surface area contributed by atoms with Gasteiger partial charge in [0.05, 0.1) is 10.0 Å². The molecule has 18 heavy (non-hydrogen) atoms. The van der Waals surface area contributed by atoms with Gasteiger partial charge < -0.3 is 4.74 Å². The summed E-state index contributed by atoms with van der Waals surface area (Å²) in [6, 6.07) is 3.10. The minimum absolute atomic E-state index is 0.00282. The average Bonchev–Trinajstić information content (AvgIpc) is 2.30. The highest BCUT2D eigenvalue weighted by Gasteiger charge is 2.13. The van der Waals surface area contributed by atoms with Crippen LogP contribution >= 0.6 is 62.3 Å². The standard InChI is InChI=1S/C9H2BrCl4N3O/c10-3-1-5(12)6(2-4(3)11)18-8-7(13)16-17-9(14)15-8/h1-2H. The van der Waals surface area contributed by atoms with Crippen LogP contribution < -0.4 is 4.74 Å². The first-order valence-corrected chi connectivity index (χ1v) is 6.66. The Morgan fingerprint density at radius 1 is 1.00 bits per heavy atom. The Labute approximate surface area is 130 Å². The van der Waals surface area contributed by atoms with E-state index in [1.807, 2.05) is 0 Å². The van der Waals surface area contributed by atoms with Crippen LogP contribution in [-0.4, -0.2) is 15.2 Å².